The fraction of sp³-hybridized carbons (Fsp3) is 0.381. The van der Waals surface area contributed by atoms with Gasteiger partial charge in [-0.2, -0.15) is 18.3 Å². The number of aromatic nitrogens is 2. The summed E-state index contributed by atoms with van der Waals surface area (Å²) < 4.78 is 43.1. The normalized spacial score (nSPS) is 19.4. The Kier molecular flexibility index (Phi) is 5.91. The molecule has 1 N–H and O–H groups in total. The second kappa shape index (κ2) is 8.68. The van der Waals surface area contributed by atoms with Crippen LogP contribution in [-0.4, -0.2) is 63.5 Å². The molecule has 1 saturated heterocycles. The summed E-state index contributed by atoms with van der Waals surface area (Å²) in [5.41, 5.74) is 2.67. The number of carbonyl (C=O) groups excluding carboxylic acids is 2. The van der Waals surface area contributed by atoms with Crippen LogP contribution in [0.25, 0.3) is 0 Å². The first-order valence-electron chi connectivity index (χ1n) is 10.2. The molecule has 33 heavy (non-hydrogen) atoms. The zero-order valence-corrected chi connectivity index (χ0v) is 17.8. The highest BCUT2D eigenvalue weighted by Gasteiger charge is 2.40. The number of hydrogen-bond donors (Lipinski definition) is 1. The molecule has 0 saturated carbocycles. The van der Waals surface area contributed by atoms with Crippen LogP contribution in [0.4, 0.5) is 22.8 Å². The molecule has 9 nitrogen and oxygen atoms in total. The summed E-state index contributed by atoms with van der Waals surface area (Å²) in [7, 11) is 0. The van der Waals surface area contributed by atoms with E-state index in [1.165, 1.54) is 9.91 Å². The van der Waals surface area contributed by atoms with Gasteiger partial charge in [-0.1, -0.05) is 29.8 Å². The fourth-order valence-corrected chi connectivity index (χ4v) is 3.58. The molecule has 1 aromatic carbocycles. The first-order valence-corrected chi connectivity index (χ1v) is 10.2. The molecule has 0 bridgehead atoms. The molecular weight excluding hydrogens is 441 g/mol. The van der Waals surface area contributed by atoms with Crippen molar-refractivity contribution in [2.24, 2.45) is 5.10 Å². The number of urea groups is 1. The van der Waals surface area contributed by atoms with Gasteiger partial charge < -0.3 is 10.1 Å². The van der Waals surface area contributed by atoms with Crippen molar-refractivity contribution < 1.29 is 27.5 Å². The Balaban J connectivity index is 1.52. The maximum atomic E-state index is 12.9. The lowest BCUT2D eigenvalue weighted by Gasteiger charge is -2.23. The Labute approximate surface area is 187 Å². The third-order valence-corrected chi connectivity index (χ3v) is 5.41. The van der Waals surface area contributed by atoms with Crippen LogP contribution in [0, 0.1) is 6.92 Å². The van der Waals surface area contributed by atoms with Gasteiger partial charge in [0, 0.05) is 18.0 Å². The predicted octanol–water partition coefficient (Wildman–Crippen LogP) is 3.12. The molecule has 3 amide bonds. The molecule has 2 aromatic rings. The number of halogens is 3. The van der Waals surface area contributed by atoms with Gasteiger partial charge in [0.15, 0.2) is 0 Å². The van der Waals surface area contributed by atoms with Crippen LogP contribution in [0.1, 0.15) is 35.5 Å². The Morgan fingerprint density at radius 2 is 1.88 bits per heavy atom. The molecule has 0 aliphatic carbocycles. The van der Waals surface area contributed by atoms with Crippen molar-refractivity contribution in [3.05, 3.63) is 59.2 Å². The Hall–Kier alpha value is -3.70. The van der Waals surface area contributed by atoms with Crippen LogP contribution < -0.4 is 5.32 Å². The molecule has 2 atom stereocenters. The smallest absolute Gasteiger partial charge is 0.448 e. The van der Waals surface area contributed by atoms with Crippen LogP contribution in [0.2, 0.25) is 0 Å². The van der Waals surface area contributed by atoms with E-state index in [4.69, 9.17) is 4.74 Å². The van der Waals surface area contributed by atoms with Gasteiger partial charge in [0.1, 0.15) is 6.61 Å². The summed E-state index contributed by atoms with van der Waals surface area (Å²) in [4.78, 5) is 33.2. The van der Waals surface area contributed by atoms with Crippen LogP contribution in [0.3, 0.4) is 0 Å². The zero-order chi connectivity index (χ0) is 23.8. The number of aryl methyl sites for hydroxylation is 1. The number of amides is 3. The topological polar surface area (TPSA) is 100 Å². The third kappa shape index (κ3) is 4.73. The molecule has 1 unspecified atom stereocenters. The van der Waals surface area contributed by atoms with Gasteiger partial charge in [-0.15, -0.1) is 0 Å². The number of nitrogens with one attached hydrogen (secondary N) is 1. The largest absolute Gasteiger partial charge is 0.451 e. The van der Waals surface area contributed by atoms with E-state index in [-0.39, 0.29) is 13.2 Å². The van der Waals surface area contributed by atoms with E-state index in [0.29, 0.717) is 17.8 Å². The number of hydrazone groups is 1. The standard InChI is InChI=1S/C21H21F3N6O3/c1-12-3-5-14(6-4-12)17-16(29-7-8-33-20(29)32)11-30(28-17)19(31)27-13(2)15-9-25-18(26-10-15)21(22,23)24/h3-6,9-10,13,16H,7-8,11H2,1-2H3,(H,27,31)/t13?,16-/m1/s1. The van der Waals surface area contributed by atoms with Gasteiger partial charge >= 0.3 is 18.3 Å². The average molecular weight is 462 g/mol. The summed E-state index contributed by atoms with van der Waals surface area (Å²) in [5, 5.41) is 8.34. The molecule has 4 rings (SSSR count). The second-order valence-corrected chi connectivity index (χ2v) is 7.77. The first-order chi connectivity index (χ1) is 15.6. The molecule has 2 aliphatic rings. The molecule has 2 aliphatic heterocycles. The summed E-state index contributed by atoms with van der Waals surface area (Å²) in [6, 6.07) is 5.83. The van der Waals surface area contributed by atoms with E-state index >= 15 is 0 Å². The number of rotatable bonds is 4. The van der Waals surface area contributed by atoms with E-state index in [9.17, 15) is 22.8 Å². The minimum atomic E-state index is -4.65. The van der Waals surface area contributed by atoms with E-state index in [2.05, 4.69) is 20.4 Å². The number of cyclic esters (lactones) is 1. The van der Waals surface area contributed by atoms with E-state index in [1.807, 2.05) is 31.2 Å². The summed E-state index contributed by atoms with van der Waals surface area (Å²) >= 11 is 0. The lowest BCUT2D eigenvalue weighted by atomic mass is 10.0. The highest BCUT2D eigenvalue weighted by atomic mass is 19.4. The van der Waals surface area contributed by atoms with E-state index in [1.54, 1.807) is 6.92 Å². The van der Waals surface area contributed by atoms with Gasteiger partial charge in [-0.05, 0) is 19.4 Å². The Bertz CT molecular complexity index is 1070. The maximum absolute atomic E-state index is 12.9. The number of nitrogens with zero attached hydrogens (tertiary/aromatic N) is 5. The molecular formula is C21H21F3N6O3. The number of ether oxygens (including phenoxy) is 1. The monoisotopic (exact) mass is 462 g/mol. The summed E-state index contributed by atoms with van der Waals surface area (Å²) in [6.07, 6.45) is -3.07. The Morgan fingerprint density at radius 3 is 2.45 bits per heavy atom. The van der Waals surface area contributed by atoms with Crippen molar-refractivity contribution >= 4 is 17.8 Å². The van der Waals surface area contributed by atoms with Crippen molar-refractivity contribution in [3.8, 4) is 0 Å². The van der Waals surface area contributed by atoms with E-state index < -0.39 is 36.2 Å². The number of alkyl halides is 3. The van der Waals surface area contributed by atoms with Gasteiger partial charge in [-0.25, -0.2) is 24.6 Å². The lowest BCUT2D eigenvalue weighted by Crippen LogP contribution is -2.46. The molecule has 0 radical (unpaired) electrons. The first kappa shape index (κ1) is 22.5. The SMILES string of the molecule is Cc1ccc(C2=NN(C(=O)NC(C)c3cnc(C(F)(F)F)nc3)C[C@H]2N2CCOC2=O)cc1. The predicted molar refractivity (Wildman–Crippen MR) is 110 cm³/mol. The van der Waals surface area contributed by atoms with Gasteiger partial charge in [-0.3, -0.25) is 4.90 Å². The van der Waals surface area contributed by atoms with Crippen molar-refractivity contribution in [2.75, 3.05) is 19.7 Å². The van der Waals surface area contributed by atoms with Crippen molar-refractivity contribution in [3.63, 3.8) is 0 Å². The summed E-state index contributed by atoms with van der Waals surface area (Å²) in [6.45, 7) is 4.29. The number of hydrogen-bond acceptors (Lipinski definition) is 6. The van der Waals surface area contributed by atoms with Gasteiger partial charge in [0.2, 0.25) is 5.82 Å². The Morgan fingerprint density at radius 1 is 1.21 bits per heavy atom. The van der Waals surface area contributed by atoms with E-state index in [0.717, 1.165) is 23.5 Å². The minimum absolute atomic E-state index is 0.111. The molecule has 1 fully saturated rings. The summed E-state index contributed by atoms with van der Waals surface area (Å²) in [5.74, 6) is -1.25. The third-order valence-electron chi connectivity index (χ3n) is 5.41. The highest BCUT2D eigenvalue weighted by Crippen LogP contribution is 2.26. The van der Waals surface area contributed by atoms with Crippen molar-refractivity contribution in [1.29, 1.82) is 0 Å². The van der Waals surface area contributed by atoms with Crippen LogP contribution >= 0.6 is 0 Å². The maximum Gasteiger partial charge on any atom is 0.451 e. The van der Waals surface area contributed by atoms with Crippen molar-refractivity contribution in [2.45, 2.75) is 32.1 Å². The molecule has 3 heterocycles. The van der Waals surface area contributed by atoms with Crippen LogP contribution in [-0.2, 0) is 10.9 Å². The molecule has 0 spiro atoms. The van der Waals surface area contributed by atoms with Crippen LogP contribution in [0.5, 0.6) is 0 Å². The molecule has 1 aromatic heterocycles. The van der Waals surface area contributed by atoms with Gasteiger partial charge in [0.25, 0.3) is 0 Å². The van der Waals surface area contributed by atoms with Gasteiger partial charge in [0.05, 0.1) is 30.9 Å². The fourth-order valence-electron chi connectivity index (χ4n) is 3.58. The zero-order valence-electron chi connectivity index (χ0n) is 17.8. The average Bonchev–Trinajstić information content (AvgIpc) is 3.40. The highest BCUT2D eigenvalue weighted by molar-refractivity contribution is 6.07. The lowest BCUT2D eigenvalue weighted by molar-refractivity contribution is -0.145. The number of benzene rings is 1. The van der Waals surface area contributed by atoms with Crippen LogP contribution in [0.15, 0.2) is 41.8 Å². The number of carbonyl (C=O) groups is 2. The molecule has 174 valence electrons. The van der Waals surface area contributed by atoms with Crippen molar-refractivity contribution in [1.82, 2.24) is 25.2 Å². The molecule has 12 heteroatoms. The second-order valence-electron chi connectivity index (χ2n) is 7.77. The quantitative estimate of drug-likeness (QED) is 0.753. The minimum Gasteiger partial charge on any atom is -0.448 e.